The molecule has 0 aromatic heterocycles. The van der Waals surface area contributed by atoms with Gasteiger partial charge in [-0.2, -0.15) is 0 Å². The molecule has 1 aromatic rings. The van der Waals surface area contributed by atoms with Crippen molar-refractivity contribution in [2.75, 3.05) is 19.8 Å². The van der Waals surface area contributed by atoms with Crippen LogP contribution in [-0.4, -0.2) is 31.0 Å². The number of rotatable bonds is 7. The molecule has 1 saturated carbocycles. The molecular formula is C16H24O3. The summed E-state index contributed by atoms with van der Waals surface area (Å²) >= 11 is 0. The minimum Gasteiger partial charge on any atom is -0.491 e. The topological polar surface area (TPSA) is 38.7 Å². The fourth-order valence-electron chi connectivity index (χ4n) is 2.59. The molecule has 3 heteroatoms. The molecule has 19 heavy (non-hydrogen) atoms. The van der Waals surface area contributed by atoms with Crippen LogP contribution in [0, 0.1) is 5.92 Å². The smallest absolute Gasteiger partial charge is 0.119 e. The van der Waals surface area contributed by atoms with Gasteiger partial charge in [-0.15, -0.1) is 0 Å². The predicted molar refractivity (Wildman–Crippen MR) is 75.3 cm³/mol. The summed E-state index contributed by atoms with van der Waals surface area (Å²) < 4.78 is 11.0. The highest BCUT2D eigenvalue weighted by Crippen LogP contribution is 2.26. The zero-order valence-corrected chi connectivity index (χ0v) is 11.5. The number of benzene rings is 1. The van der Waals surface area contributed by atoms with Gasteiger partial charge < -0.3 is 14.6 Å². The number of ether oxygens (including phenoxy) is 2. The third-order valence-electron chi connectivity index (χ3n) is 3.72. The van der Waals surface area contributed by atoms with E-state index in [2.05, 4.69) is 0 Å². The van der Waals surface area contributed by atoms with Crippen molar-refractivity contribution in [1.29, 1.82) is 0 Å². The Balaban J connectivity index is 1.54. The van der Waals surface area contributed by atoms with Crippen molar-refractivity contribution >= 4 is 0 Å². The quantitative estimate of drug-likeness (QED) is 0.769. The standard InChI is InChI=1S/C16H24O3/c17-16(14-7-3-1-4-8-14)13-18-11-12-19-15-9-5-2-6-10-15/h2,5-6,9-10,14,16-17H,1,3-4,7-8,11-13H2. The number of hydrogen-bond donors (Lipinski definition) is 1. The normalized spacial score (nSPS) is 18.2. The van der Waals surface area contributed by atoms with Gasteiger partial charge in [0.25, 0.3) is 0 Å². The molecule has 1 aromatic carbocycles. The van der Waals surface area contributed by atoms with Crippen molar-refractivity contribution in [2.24, 2.45) is 5.92 Å². The maximum absolute atomic E-state index is 10.0. The lowest BCUT2D eigenvalue weighted by Gasteiger charge is -2.26. The van der Waals surface area contributed by atoms with Gasteiger partial charge in [0.1, 0.15) is 12.4 Å². The molecule has 0 heterocycles. The summed E-state index contributed by atoms with van der Waals surface area (Å²) in [6, 6.07) is 9.71. The second-order valence-corrected chi connectivity index (χ2v) is 5.20. The van der Waals surface area contributed by atoms with Crippen LogP contribution in [0.1, 0.15) is 32.1 Å². The zero-order valence-electron chi connectivity index (χ0n) is 11.5. The second-order valence-electron chi connectivity index (χ2n) is 5.20. The van der Waals surface area contributed by atoms with Crippen molar-refractivity contribution < 1.29 is 14.6 Å². The minimum absolute atomic E-state index is 0.308. The van der Waals surface area contributed by atoms with Gasteiger partial charge in [-0.3, -0.25) is 0 Å². The van der Waals surface area contributed by atoms with E-state index >= 15 is 0 Å². The van der Waals surface area contributed by atoms with E-state index in [0.29, 0.717) is 25.7 Å². The zero-order chi connectivity index (χ0) is 13.3. The van der Waals surface area contributed by atoms with E-state index in [1.165, 1.54) is 19.3 Å². The van der Waals surface area contributed by atoms with E-state index in [9.17, 15) is 5.11 Å². The molecule has 0 bridgehead atoms. The van der Waals surface area contributed by atoms with Crippen LogP contribution < -0.4 is 4.74 Å². The van der Waals surface area contributed by atoms with Gasteiger partial charge in [-0.1, -0.05) is 37.5 Å². The number of para-hydroxylation sites is 1. The van der Waals surface area contributed by atoms with Gasteiger partial charge in [0.05, 0.1) is 19.3 Å². The van der Waals surface area contributed by atoms with Crippen LogP contribution >= 0.6 is 0 Å². The van der Waals surface area contributed by atoms with Gasteiger partial charge in [0.15, 0.2) is 0 Å². The highest BCUT2D eigenvalue weighted by atomic mass is 16.5. The molecule has 106 valence electrons. The highest BCUT2D eigenvalue weighted by Gasteiger charge is 2.21. The minimum atomic E-state index is -0.308. The van der Waals surface area contributed by atoms with Gasteiger partial charge in [0, 0.05) is 0 Å². The Morgan fingerprint density at radius 3 is 2.53 bits per heavy atom. The van der Waals surface area contributed by atoms with Crippen LogP contribution in [0.25, 0.3) is 0 Å². The fraction of sp³-hybridized carbons (Fsp3) is 0.625. The molecule has 1 fully saturated rings. The number of aliphatic hydroxyl groups excluding tert-OH is 1. The molecule has 1 unspecified atom stereocenters. The van der Waals surface area contributed by atoms with E-state index in [1.54, 1.807) is 0 Å². The van der Waals surface area contributed by atoms with E-state index in [0.717, 1.165) is 18.6 Å². The first-order chi connectivity index (χ1) is 9.36. The molecule has 1 atom stereocenters. The molecule has 3 nitrogen and oxygen atoms in total. The summed E-state index contributed by atoms with van der Waals surface area (Å²) in [5, 5.41) is 10.0. The predicted octanol–water partition coefficient (Wildman–Crippen LogP) is 3.02. The summed E-state index contributed by atoms with van der Waals surface area (Å²) in [7, 11) is 0. The molecule has 0 amide bonds. The lowest BCUT2D eigenvalue weighted by atomic mass is 9.85. The Labute approximate surface area is 115 Å². The Bertz CT molecular complexity index is 333. The van der Waals surface area contributed by atoms with Gasteiger partial charge in [-0.25, -0.2) is 0 Å². The molecule has 1 N–H and O–H groups in total. The number of hydrogen-bond acceptors (Lipinski definition) is 3. The molecular weight excluding hydrogens is 240 g/mol. The van der Waals surface area contributed by atoms with Gasteiger partial charge in [-0.05, 0) is 30.9 Å². The molecule has 1 aliphatic carbocycles. The SMILES string of the molecule is OC(COCCOc1ccccc1)C1CCCCC1. The van der Waals surface area contributed by atoms with E-state index in [-0.39, 0.29) is 6.10 Å². The van der Waals surface area contributed by atoms with Crippen LogP contribution in [0.15, 0.2) is 30.3 Å². The summed E-state index contributed by atoms with van der Waals surface area (Å²) in [6.07, 6.45) is 5.79. The van der Waals surface area contributed by atoms with Crippen molar-refractivity contribution in [2.45, 2.75) is 38.2 Å². The molecule has 0 saturated heterocycles. The highest BCUT2D eigenvalue weighted by molar-refractivity contribution is 5.20. The largest absolute Gasteiger partial charge is 0.491 e. The Kier molecular flexibility index (Phi) is 6.18. The van der Waals surface area contributed by atoms with Crippen molar-refractivity contribution in [3.05, 3.63) is 30.3 Å². The van der Waals surface area contributed by atoms with Crippen LogP contribution in [0.4, 0.5) is 0 Å². The van der Waals surface area contributed by atoms with E-state index in [4.69, 9.17) is 9.47 Å². The van der Waals surface area contributed by atoms with Crippen molar-refractivity contribution in [3.8, 4) is 5.75 Å². The average Bonchev–Trinajstić information content (AvgIpc) is 2.49. The fourth-order valence-corrected chi connectivity index (χ4v) is 2.59. The molecule has 0 spiro atoms. The van der Waals surface area contributed by atoms with E-state index < -0.39 is 0 Å². The summed E-state index contributed by atoms with van der Waals surface area (Å²) in [6.45, 7) is 1.49. The lowest BCUT2D eigenvalue weighted by molar-refractivity contribution is -0.0117. The van der Waals surface area contributed by atoms with Crippen LogP contribution in [-0.2, 0) is 4.74 Å². The Hall–Kier alpha value is -1.06. The maximum atomic E-state index is 10.0. The Morgan fingerprint density at radius 1 is 1.05 bits per heavy atom. The molecule has 0 aliphatic heterocycles. The summed E-state index contributed by atoms with van der Waals surface area (Å²) in [5.74, 6) is 1.29. The third kappa shape index (κ3) is 5.21. The van der Waals surface area contributed by atoms with Crippen LogP contribution in [0.2, 0.25) is 0 Å². The summed E-state index contributed by atoms with van der Waals surface area (Å²) in [4.78, 5) is 0. The van der Waals surface area contributed by atoms with Gasteiger partial charge in [0.2, 0.25) is 0 Å². The third-order valence-corrected chi connectivity index (χ3v) is 3.72. The van der Waals surface area contributed by atoms with Gasteiger partial charge >= 0.3 is 0 Å². The van der Waals surface area contributed by atoms with Crippen LogP contribution in [0.5, 0.6) is 5.75 Å². The average molecular weight is 264 g/mol. The van der Waals surface area contributed by atoms with Crippen molar-refractivity contribution in [3.63, 3.8) is 0 Å². The first-order valence-electron chi connectivity index (χ1n) is 7.30. The first kappa shape index (κ1) is 14.4. The summed E-state index contributed by atoms with van der Waals surface area (Å²) in [5.41, 5.74) is 0. The lowest BCUT2D eigenvalue weighted by Crippen LogP contribution is -2.28. The van der Waals surface area contributed by atoms with E-state index in [1.807, 2.05) is 30.3 Å². The number of aliphatic hydroxyl groups is 1. The Morgan fingerprint density at radius 2 is 1.79 bits per heavy atom. The second kappa shape index (κ2) is 8.18. The maximum Gasteiger partial charge on any atom is 0.119 e. The molecule has 1 aliphatic rings. The first-order valence-corrected chi connectivity index (χ1v) is 7.30. The molecule has 0 radical (unpaired) electrons. The monoisotopic (exact) mass is 264 g/mol. The van der Waals surface area contributed by atoms with Crippen LogP contribution in [0.3, 0.4) is 0 Å². The molecule has 2 rings (SSSR count). The van der Waals surface area contributed by atoms with Crippen molar-refractivity contribution in [1.82, 2.24) is 0 Å².